The van der Waals surface area contributed by atoms with Crippen LogP contribution in [0.3, 0.4) is 0 Å². The van der Waals surface area contributed by atoms with Crippen molar-refractivity contribution in [2.75, 3.05) is 14.2 Å². The Hall–Kier alpha value is -4.19. The predicted molar refractivity (Wildman–Crippen MR) is 115 cm³/mol. The van der Waals surface area contributed by atoms with Crippen LogP contribution in [-0.4, -0.2) is 31.1 Å². The van der Waals surface area contributed by atoms with Gasteiger partial charge in [-0.25, -0.2) is 4.79 Å². The summed E-state index contributed by atoms with van der Waals surface area (Å²) in [5.74, 6) is 0.212. The van der Waals surface area contributed by atoms with Crippen molar-refractivity contribution in [1.82, 2.24) is 5.16 Å². The number of carbonyl (C=O) groups excluding carboxylic acids is 2. The van der Waals surface area contributed by atoms with Gasteiger partial charge in [-0.1, -0.05) is 59.8 Å². The van der Waals surface area contributed by atoms with Crippen LogP contribution in [0.2, 0.25) is 0 Å². The summed E-state index contributed by atoms with van der Waals surface area (Å²) in [6, 6.07) is 22.9. The van der Waals surface area contributed by atoms with E-state index in [9.17, 15) is 9.59 Å². The molecular weight excluding hydrogens is 394 g/mol. The number of esters is 1. The molecule has 0 unspecified atom stereocenters. The number of benzene rings is 3. The van der Waals surface area contributed by atoms with E-state index in [-0.39, 0.29) is 5.78 Å². The van der Waals surface area contributed by atoms with Crippen molar-refractivity contribution < 1.29 is 23.6 Å². The summed E-state index contributed by atoms with van der Waals surface area (Å²) in [5, 5.41) is 4.21. The lowest BCUT2D eigenvalue weighted by molar-refractivity contribution is 0.0600. The number of ketones is 1. The smallest absolute Gasteiger partial charge is 0.337 e. The highest BCUT2D eigenvalue weighted by molar-refractivity contribution is 6.15. The maximum atomic E-state index is 13.5. The van der Waals surface area contributed by atoms with Crippen molar-refractivity contribution in [2.45, 2.75) is 0 Å². The van der Waals surface area contributed by atoms with Gasteiger partial charge in [-0.15, -0.1) is 0 Å². The van der Waals surface area contributed by atoms with Gasteiger partial charge in [0.15, 0.2) is 11.5 Å². The maximum absolute atomic E-state index is 13.5. The molecule has 1 aromatic heterocycles. The highest BCUT2D eigenvalue weighted by atomic mass is 16.5. The summed E-state index contributed by atoms with van der Waals surface area (Å²) in [6.07, 6.45) is 0. The van der Waals surface area contributed by atoms with Crippen molar-refractivity contribution in [3.63, 3.8) is 0 Å². The zero-order chi connectivity index (χ0) is 21.8. The van der Waals surface area contributed by atoms with E-state index in [1.807, 2.05) is 24.3 Å². The monoisotopic (exact) mass is 413 g/mol. The van der Waals surface area contributed by atoms with Crippen LogP contribution in [-0.2, 0) is 4.74 Å². The third kappa shape index (κ3) is 3.83. The first kappa shape index (κ1) is 20.1. The topological polar surface area (TPSA) is 78.6 Å². The highest BCUT2D eigenvalue weighted by Crippen LogP contribution is 2.38. The molecule has 0 bridgehead atoms. The molecule has 0 spiro atoms. The van der Waals surface area contributed by atoms with Crippen LogP contribution in [0.5, 0.6) is 5.75 Å². The zero-order valence-electron chi connectivity index (χ0n) is 17.0. The predicted octanol–water partition coefficient (Wildman–Crippen LogP) is 5.03. The Balaban J connectivity index is 1.89. The molecule has 0 atom stereocenters. The van der Waals surface area contributed by atoms with E-state index in [0.717, 1.165) is 0 Å². The highest BCUT2D eigenvalue weighted by Gasteiger charge is 2.27. The minimum atomic E-state index is -0.443. The van der Waals surface area contributed by atoms with Gasteiger partial charge in [0.1, 0.15) is 11.4 Å². The molecule has 0 saturated carbocycles. The second kappa shape index (κ2) is 8.67. The quantitative estimate of drug-likeness (QED) is 0.326. The second-order valence-electron chi connectivity index (χ2n) is 6.70. The van der Waals surface area contributed by atoms with Crippen LogP contribution < -0.4 is 4.74 Å². The Bertz CT molecular complexity index is 1230. The molecule has 3 aromatic carbocycles. The lowest BCUT2D eigenvalue weighted by Crippen LogP contribution is -2.04. The van der Waals surface area contributed by atoms with Crippen molar-refractivity contribution in [1.29, 1.82) is 0 Å². The van der Waals surface area contributed by atoms with E-state index in [4.69, 9.17) is 14.0 Å². The Kier molecular flexibility index (Phi) is 5.62. The van der Waals surface area contributed by atoms with Crippen molar-refractivity contribution >= 4 is 11.8 Å². The lowest BCUT2D eigenvalue weighted by Gasteiger charge is -2.08. The normalized spacial score (nSPS) is 10.5. The SMILES string of the molecule is COC(=O)c1ccc(-c2noc(-c3ccccc3OC)c2C(=O)c2ccccc2)cc1. The molecule has 0 aliphatic carbocycles. The number of hydrogen-bond acceptors (Lipinski definition) is 6. The summed E-state index contributed by atoms with van der Waals surface area (Å²) < 4.78 is 15.9. The van der Waals surface area contributed by atoms with Crippen LogP contribution in [0, 0.1) is 0 Å². The van der Waals surface area contributed by atoms with Gasteiger partial charge in [0, 0.05) is 11.1 Å². The van der Waals surface area contributed by atoms with Crippen LogP contribution in [0.1, 0.15) is 26.3 Å². The Morgan fingerprint density at radius 1 is 0.806 bits per heavy atom. The molecule has 4 aromatic rings. The van der Waals surface area contributed by atoms with Crippen molar-refractivity contribution in [2.24, 2.45) is 0 Å². The van der Waals surface area contributed by atoms with Crippen molar-refractivity contribution in [3.8, 4) is 28.3 Å². The Morgan fingerprint density at radius 2 is 1.48 bits per heavy atom. The average Bonchev–Trinajstić information content (AvgIpc) is 3.28. The van der Waals surface area contributed by atoms with E-state index < -0.39 is 5.97 Å². The first-order chi connectivity index (χ1) is 15.1. The number of nitrogens with zero attached hydrogens (tertiary/aromatic N) is 1. The molecule has 154 valence electrons. The minimum absolute atomic E-state index is 0.227. The molecule has 0 fully saturated rings. The molecule has 6 heteroatoms. The summed E-state index contributed by atoms with van der Waals surface area (Å²) in [7, 11) is 2.88. The summed E-state index contributed by atoms with van der Waals surface area (Å²) in [5.41, 5.74) is 2.86. The summed E-state index contributed by atoms with van der Waals surface area (Å²) >= 11 is 0. The lowest BCUT2D eigenvalue weighted by atomic mass is 9.95. The van der Waals surface area contributed by atoms with Crippen LogP contribution in [0.15, 0.2) is 83.4 Å². The van der Waals surface area contributed by atoms with Gasteiger partial charge in [0.25, 0.3) is 0 Å². The van der Waals surface area contributed by atoms with Gasteiger partial charge in [0.2, 0.25) is 0 Å². The molecular formula is C25H19NO5. The third-order valence-electron chi connectivity index (χ3n) is 4.89. The summed E-state index contributed by atoms with van der Waals surface area (Å²) in [6.45, 7) is 0. The largest absolute Gasteiger partial charge is 0.496 e. The first-order valence-electron chi connectivity index (χ1n) is 9.55. The number of carbonyl (C=O) groups is 2. The van der Waals surface area contributed by atoms with Gasteiger partial charge in [-0.05, 0) is 24.3 Å². The van der Waals surface area contributed by atoms with E-state index in [1.165, 1.54) is 7.11 Å². The minimum Gasteiger partial charge on any atom is -0.496 e. The number of methoxy groups -OCH3 is 2. The van der Waals surface area contributed by atoms with Crippen LogP contribution in [0.4, 0.5) is 0 Å². The van der Waals surface area contributed by atoms with Gasteiger partial charge < -0.3 is 14.0 Å². The molecule has 0 aliphatic heterocycles. The first-order valence-corrected chi connectivity index (χ1v) is 9.55. The maximum Gasteiger partial charge on any atom is 0.337 e. The number of hydrogen-bond donors (Lipinski definition) is 0. The molecule has 0 radical (unpaired) electrons. The van der Waals surface area contributed by atoms with E-state index in [2.05, 4.69) is 5.16 Å². The molecule has 0 aliphatic rings. The zero-order valence-corrected chi connectivity index (χ0v) is 17.0. The fourth-order valence-electron chi connectivity index (χ4n) is 3.33. The van der Waals surface area contributed by atoms with Crippen LogP contribution in [0.25, 0.3) is 22.6 Å². The Labute approximate surface area is 179 Å². The molecule has 1 heterocycles. The standard InChI is InChI=1S/C25H19NO5/c1-29-20-11-7-6-10-19(20)24-21(23(27)17-8-4-3-5-9-17)22(26-31-24)16-12-14-18(15-13-16)25(28)30-2/h3-15H,1-2H3. The fourth-order valence-corrected chi connectivity index (χ4v) is 3.33. The molecule has 6 nitrogen and oxygen atoms in total. The van der Waals surface area contributed by atoms with Gasteiger partial charge >= 0.3 is 5.97 Å². The van der Waals surface area contributed by atoms with Crippen LogP contribution >= 0.6 is 0 Å². The fraction of sp³-hybridized carbons (Fsp3) is 0.0800. The number of aromatic nitrogens is 1. The number of rotatable bonds is 6. The molecule has 31 heavy (non-hydrogen) atoms. The summed E-state index contributed by atoms with van der Waals surface area (Å²) in [4.78, 5) is 25.3. The van der Waals surface area contributed by atoms with E-state index >= 15 is 0 Å². The Morgan fingerprint density at radius 3 is 2.16 bits per heavy atom. The van der Waals surface area contributed by atoms with E-state index in [0.29, 0.717) is 45.0 Å². The van der Waals surface area contributed by atoms with E-state index in [1.54, 1.807) is 61.7 Å². The molecule has 0 saturated heterocycles. The molecule has 0 amide bonds. The number of ether oxygens (including phenoxy) is 2. The average molecular weight is 413 g/mol. The molecule has 0 N–H and O–H groups in total. The number of para-hydroxylation sites is 1. The molecule has 4 rings (SSSR count). The van der Waals surface area contributed by atoms with Gasteiger partial charge in [-0.3, -0.25) is 4.79 Å². The second-order valence-corrected chi connectivity index (χ2v) is 6.70. The van der Waals surface area contributed by atoms with Crippen molar-refractivity contribution in [3.05, 3.63) is 95.6 Å². The van der Waals surface area contributed by atoms with Gasteiger partial charge in [0.05, 0.1) is 30.9 Å². The van der Waals surface area contributed by atoms with Gasteiger partial charge in [-0.2, -0.15) is 0 Å². The third-order valence-corrected chi connectivity index (χ3v) is 4.89.